The first-order valence-corrected chi connectivity index (χ1v) is 6.11. The first-order valence-electron chi connectivity index (χ1n) is 6.11. The molecule has 0 amide bonds. The van der Waals surface area contributed by atoms with Crippen LogP contribution in [0.3, 0.4) is 0 Å². The number of nitrogen functional groups attached to an aromatic ring is 1. The lowest BCUT2D eigenvalue weighted by Crippen LogP contribution is -2.40. The molecule has 8 nitrogen and oxygen atoms in total. The Kier molecular flexibility index (Phi) is 2.76. The second-order valence-corrected chi connectivity index (χ2v) is 4.90. The molecule has 3 atom stereocenters. The molecule has 0 saturated heterocycles. The van der Waals surface area contributed by atoms with E-state index >= 15 is 0 Å². The van der Waals surface area contributed by atoms with E-state index in [1.807, 2.05) is 0 Å². The topological polar surface area (TPSA) is 141 Å². The van der Waals surface area contributed by atoms with Gasteiger partial charge in [-0.2, -0.15) is 4.98 Å². The number of nitrogens with two attached hydrogens (primary N) is 1. The lowest BCUT2D eigenvalue weighted by molar-refractivity contribution is 0.0193. The molecule has 1 unspecified atom stereocenters. The summed E-state index contributed by atoms with van der Waals surface area (Å²) < 4.78 is 0. The molecule has 0 aliphatic heterocycles. The summed E-state index contributed by atoms with van der Waals surface area (Å²) in [6, 6.07) is 0. The molecule has 0 spiro atoms. The maximum Gasteiger partial charge on any atom is 0.278 e. The average Bonchev–Trinajstić information content (AvgIpc) is 2.72. The zero-order valence-electron chi connectivity index (χ0n) is 10.1. The molecule has 3 rings (SSSR count). The smallest absolute Gasteiger partial charge is 0.278 e. The third-order valence-corrected chi connectivity index (χ3v) is 3.87. The molecule has 0 radical (unpaired) electrons. The molecule has 2 heterocycles. The summed E-state index contributed by atoms with van der Waals surface area (Å²) in [5.74, 6) is 0.692. The Morgan fingerprint density at radius 1 is 1.26 bits per heavy atom. The number of hydrogen-bond donors (Lipinski definition) is 5. The van der Waals surface area contributed by atoms with Crippen molar-refractivity contribution in [2.75, 3.05) is 18.9 Å². The fourth-order valence-corrected chi connectivity index (χ4v) is 2.73. The number of rotatable bonds is 3. The fraction of sp³-hybridized carbons (Fsp3) is 0.545. The minimum atomic E-state index is -0.361. The molecule has 1 saturated carbocycles. The lowest BCUT2D eigenvalue weighted by atomic mass is 9.65. The molecule has 1 aliphatic rings. The highest BCUT2D eigenvalue weighted by atomic mass is 16.3. The Labute approximate surface area is 107 Å². The van der Waals surface area contributed by atoms with E-state index in [-0.39, 0.29) is 53.6 Å². The van der Waals surface area contributed by atoms with Crippen LogP contribution in [0.4, 0.5) is 5.95 Å². The minimum Gasteiger partial charge on any atom is -0.396 e. The quantitative estimate of drug-likeness (QED) is 0.478. The summed E-state index contributed by atoms with van der Waals surface area (Å²) in [6.07, 6.45) is 0.731. The zero-order valence-corrected chi connectivity index (χ0v) is 10.1. The van der Waals surface area contributed by atoms with Crippen LogP contribution in [-0.2, 0) is 0 Å². The summed E-state index contributed by atoms with van der Waals surface area (Å²) in [5.41, 5.74) is 5.66. The normalized spacial score (nSPS) is 26.5. The Morgan fingerprint density at radius 3 is 2.74 bits per heavy atom. The van der Waals surface area contributed by atoms with Crippen molar-refractivity contribution >= 4 is 17.1 Å². The molecular formula is C11H15N5O3. The van der Waals surface area contributed by atoms with Gasteiger partial charge in [-0.3, -0.25) is 9.78 Å². The van der Waals surface area contributed by atoms with Gasteiger partial charge in [-0.1, -0.05) is 0 Å². The molecule has 1 fully saturated rings. The first-order chi connectivity index (χ1) is 9.13. The number of H-pyrrole nitrogens is 2. The molecular weight excluding hydrogens is 250 g/mol. The maximum atomic E-state index is 11.7. The number of nitrogens with one attached hydrogen (secondary N) is 2. The number of nitrogens with zero attached hydrogens (tertiary/aromatic N) is 2. The largest absolute Gasteiger partial charge is 0.396 e. The van der Waals surface area contributed by atoms with Crippen LogP contribution in [0.1, 0.15) is 18.2 Å². The number of imidazole rings is 1. The fourth-order valence-electron chi connectivity index (χ4n) is 2.73. The van der Waals surface area contributed by atoms with Crippen LogP contribution < -0.4 is 11.3 Å². The van der Waals surface area contributed by atoms with E-state index in [0.29, 0.717) is 5.82 Å². The van der Waals surface area contributed by atoms with Crippen molar-refractivity contribution in [1.29, 1.82) is 0 Å². The Hall–Kier alpha value is -1.93. The van der Waals surface area contributed by atoms with E-state index in [2.05, 4.69) is 19.9 Å². The number of fused-ring (bicyclic) bond motifs is 1. The summed E-state index contributed by atoms with van der Waals surface area (Å²) in [4.78, 5) is 25.2. The predicted octanol–water partition coefficient (Wildman–Crippen LogP) is -1.07. The molecule has 19 heavy (non-hydrogen) atoms. The van der Waals surface area contributed by atoms with Gasteiger partial charge in [0.25, 0.3) is 5.56 Å². The van der Waals surface area contributed by atoms with Crippen LogP contribution >= 0.6 is 0 Å². The van der Waals surface area contributed by atoms with Crippen LogP contribution in [0.2, 0.25) is 0 Å². The summed E-state index contributed by atoms with van der Waals surface area (Å²) >= 11 is 0. The molecule has 8 heteroatoms. The number of aromatic nitrogens is 4. The Balaban J connectivity index is 1.99. The van der Waals surface area contributed by atoms with E-state index in [0.717, 1.165) is 6.42 Å². The number of anilines is 1. The summed E-state index contributed by atoms with van der Waals surface area (Å²) in [7, 11) is 0. The number of aliphatic hydroxyl groups excluding tert-OH is 2. The van der Waals surface area contributed by atoms with E-state index < -0.39 is 0 Å². The first kappa shape index (κ1) is 12.1. The van der Waals surface area contributed by atoms with Gasteiger partial charge in [0.15, 0.2) is 11.2 Å². The standard InChI is InChI=1S/C11H15N5O3/c12-11-15-9-7(10(19)16-11)13-8(14-9)5-1-4(2-17)6(5)3-18/h4-6,17-18H,1-3H2,(H4,12,13,14,15,16,19)/t4-,5?,6-/m1/s1. The van der Waals surface area contributed by atoms with Crippen molar-refractivity contribution in [1.82, 2.24) is 19.9 Å². The lowest BCUT2D eigenvalue weighted by Gasteiger charge is -2.41. The Bertz CT molecular complexity index is 664. The molecule has 6 N–H and O–H groups in total. The van der Waals surface area contributed by atoms with Crippen molar-refractivity contribution in [3.8, 4) is 0 Å². The van der Waals surface area contributed by atoms with Crippen LogP contribution in [0, 0.1) is 11.8 Å². The Morgan fingerprint density at radius 2 is 2.05 bits per heavy atom. The number of aliphatic hydroxyl groups is 2. The monoisotopic (exact) mass is 265 g/mol. The van der Waals surface area contributed by atoms with Crippen LogP contribution in [0.25, 0.3) is 11.2 Å². The van der Waals surface area contributed by atoms with E-state index in [9.17, 15) is 9.90 Å². The van der Waals surface area contributed by atoms with Gasteiger partial charge < -0.3 is 20.9 Å². The zero-order chi connectivity index (χ0) is 13.6. The van der Waals surface area contributed by atoms with Crippen molar-refractivity contribution in [3.05, 3.63) is 16.2 Å². The highest BCUT2D eigenvalue weighted by Crippen LogP contribution is 2.45. The maximum absolute atomic E-state index is 11.7. The molecule has 2 aromatic heterocycles. The van der Waals surface area contributed by atoms with Gasteiger partial charge in [0.2, 0.25) is 5.95 Å². The van der Waals surface area contributed by atoms with E-state index in [1.54, 1.807) is 0 Å². The second-order valence-electron chi connectivity index (χ2n) is 4.90. The van der Waals surface area contributed by atoms with Crippen molar-refractivity contribution in [2.24, 2.45) is 11.8 Å². The third kappa shape index (κ3) is 1.80. The van der Waals surface area contributed by atoms with Gasteiger partial charge in [-0.05, 0) is 18.3 Å². The van der Waals surface area contributed by atoms with Crippen molar-refractivity contribution in [3.63, 3.8) is 0 Å². The van der Waals surface area contributed by atoms with Gasteiger partial charge in [-0.25, -0.2) is 4.98 Å². The van der Waals surface area contributed by atoms with Gasteiger partial charge in [0.1, 0.15) is 5.82 Å². The van der Waals surface area contributed by atoms with Crippen LogP contribution in [0.5, 0.6) is 0 Å². The molecule has 102 valence electrons. The van der Waals surface area contributed by atoms with E-state index in [4.69, 9.17) is 10.8 Å². The highest BCUT2D eigenvalue weighted by molar-refractivity contribution is 5.70. The SMILES string of the molecule is Nc1nc2nc(C3C[C@H](CO)[C@H]3CO)[nH]c2c(=O)[nH]1. The molecule has 2 aromatic rings. The summed E-state index contributed by atoms with van der Waals surface area (Å²) in [5, 5.41) is 18.5. The second kappa shape index (κ2) is 4.32. The van der Waals surface area contributed by atoms with E-state index in [1.165, 1.54) is 0 Å². The molecule has 1 aliphatic carbocycles. The summed E-state index contributed by atoms with van der Waals surface area (Å²) in [6.45, 7) is 0.0343. The third-order valence-electron chi connectivity index (χ3n) is 3.87. The highest BCUT2D eigenvalue weighted by Gasteiger charge is 2.42. The van der Waals surface area contributed by atoms with Gasteiger partial charge >= 0.3 is 0 Å². The van der Waals surface area contributed by atoms with Gasteiger partial charge in [0.05, 0.1) is 0 Å². The van der Waals surface area contributed by atoms with Crippen LogP contribution in [0.15, 0.2) is 4.79 Å². The van der Waals surface area contributed by atoms with Crippen LogP contribution in [-0.4, -0.2) is 43.4 Å². The predicted molar refractivity (Wildman–Crippen MR) is 67.4 cm³/mol. The van der Waals surface area contributed by atoms with Crippen molar-refractivity contribution < 1.29 is 10.2 Å². The average molecular weight is 265 g/mol. The molecule has 0 bridgehead atoms. The molecule has 0 aromatic carbocycles. The number of aromatic amines is 2. The minimum absolute atomic E-state index is 0.0111. The van der Waals surface area contributed by atoms with Crippen molar-refractivity contribution in [2.45, 2.75) is 12.3 Å². The van der Waals surface area contributed by atoms with Gasteiger partial charge in [-0.15, -0.1) is 0 Å². The van der Waals surface area contributed by atoms with Gasteiger partial charge in [0, 0.05) is 19.1 Å². The number of hydrogen-bond acceptors (Lipinski definition) is 6.